The van der Waals surface area contributed by atoms with Crippen molar-refractivity contribution in [3.8, 4) is 11.5 Å². The summed E-state index contributed by atoms with van der Waals surface area (Å²) in [6.07, 6.45) is 1.12. The first kappa shape index (κ1) is 15.9. The first-order valence-electron chi connectivity index (χ1n) is 6.33. The zero-order valence-corrected chi connectivity index (χ0v) is 12.2. The van der Waals surface area contributed by atoms with Gasteiger partial charge in [-0.1, -0.05) is 0 Å². The predicted molar refractivity (Wildman–Crippen MR) is 82.1 cm³/mol. The molecule has 0 spiro atoms. The van der Waals surface area contributed by atoms with Gasteiger partial charge in [0.1, 0.15) is 0 Å². The number of methoxy groups -OCH3 is 1. The van der Waals surface area contributed by atoms with E-state index < -0.39 is 4.92 Å². The van der Waals surface area contributed by atoms with Crippen LogP contribution in [0.1, 0.15) is 11.3 Å². The molecule has 1 heterocycles. The molecule has 0 bridgehead atoms. The fourth-order valence-corrected chi connectivity index (χ4v) is 1.79. The number of nitrogens with zero attached hydrogens (tertiary/aromatic N) is 3. The highest BCUT2D eigenvalue weighted by Gasteiger charge is 2.17. The Morgan fingerprint density at radius 2 is 2.22 bits per heavy atom. The summed E-state index contributed by atoms with van der Waals surface area (Å²) in [5, 5.41) is 24.5. The van der Waals surface area contributed by atoms with Gasteiger partial charge in [-0.15, -0.1) is 0 Å². The molecular weight excluding hydrogens is 306 g/mol. The van der Waals surface area contributed by atoms with Crippen LogP contribution in [0.15, 0.2) is 28.1 Å². The summed E-state index contributed by atoms with van der Waals surface area (Å²) < 4.78 is 4.83. The van der Waals surface area contributed by atoms with E-state index in [0.29, 0.717) is 5.69 Å². The number of hydrogen-bond donors (Lipinski definition) is 3. The van der Waals surface area contributed by atoms with Gasteiger partial charge in [-0.25, -0.2) is 10.4 Å². The maximum Gasteiger partial charge on any atom is 0.282 e. The van der Waals surface area contributed by atoms with Crippen LogP contribution in [0.4, 0.5) is 11.6 Å². The molecule has 0 saturated heterocycles. The number of hydrogen-bond acceptors (Lipinski definition) is 8. The van der Waals surface area contributed by atoms with Gasteiger partial charge in [-0.2, -0.15) is 5.10 Å². The number of anilines is 1. The van der Waals surface area contributed by atoms with Gasteiger partial charge in [-0.05, 0) is 13.0 Å². The first-order chi connectivity index (χ1) is 10.9. The van der Waals surface area contributed by atoms with Crippen LogP contribution in [0.3, 0.4) is 0 Å². The van der Waals surface area contributed by atoms with Gasteiger partial charge in [0.05, 0.1) is 29.9 Å². The number of nitro groups is 1. The van der Waals surface area contributed by atoms with Crippen LogP contribution < -0.4 is 15.7 Å². The lowest BCUT2D eigenvalue weighted by Gasteiger charge is -2.05. The van der Waals surface area contributed by atoms with Gasteiger partial charge in [0, 0.05) is 11.8 Å². The number of phenols is 1. The lowest BCUT2D eigenvalue weighted by Crippen LogP contribution is -2.10. The number of aryl methyl sites for hydroxylation is 1. The van der Waals surface area contributed by atoms with Crippen LogP contribution in [0.5, 0.6) is 11.5 Å². The van der Waals surface area contributed by atoms with Crippen LogP contribution in [0.2, 0.25) is 0 Å². The lowest BCUT2D eigenvalue weighted by atomic mass is 10.1. The monoisotopic (exact) mass is 319 g/mol. The van der Waals surface area contributed by atoms with Crippen molar-refractivity contribution in [3.05, 3.63) is 49.9 Å². The number of benzene rings is 1. The van der Waals surface area contributed by atoms with Crippen molar-refractivity contribution in [2.75, 3.05) is 12.5 Å². The molecular formula is C13H13N5O5. The van der Waals surface area contributed by atoms with Crippen molar-refractivity contribution >= 4 is 17.9 Å². The molecule has 0 amide bonds. The largest absolute Gasteiger partial charge is 0.504 e. The highest BCUT2D eigenvalue weighted by atomic mass is 16.6. The predicted octanol–water partition coefficient (Wildman–Crippen LogP) is 1.15. The van der Waals surface area contributed by atoms with Crippen molar-refractivity contribution in [2.45, 2.75) is 6.92 Å². The molecule has 0 radical (unpaired) electrons. The Morgan fingerprint density at radius 3 is 2.83 bits per heavy atom. The van der Waals surface area contributed by atoms with E-state index in [1.807, 2.05) is 0 Å². The quantitative estimate of drug-likeness (QED) is 0.426. The fourth-order valence-electron chi connectivity index (χ4n) is 1.79. The normalized spacial score (nSPS) is 10.7. The van der Waals surface area contributed by atoms with Crippen LogP contribution in [0, 0.1) is 17.0 Å². The molecule has 0 saturated carbocycles. The summed E-state index contributed by atoms with van der Waals surface area (Å²) in [7, 11) is 1.29. The third-order valence-corrected chi connectivity index (χ3v) is 2.77. The molecule has 1 aromatic carbocycles. The van der Waals surface area contributed by atoms with Gasteiger partial charge in [-0.3, -0.25) is 19.9 Å². The summed E-state index contributed by atoms with van der Waals surface area (Å²) in [6.45, 7) is 1.64. The number of rotatable bonds is 5. The van der Waals surface area contributed by atoms with Crippen molar-refractivity contribution in [3.63, 3.8) is 0 Å². The topological polar surface area (TPSA) is 143 Å². The molecule has 120 valence electrons. The summed E-state index contributed by atoms with van der Waals surface area (Å²) in [5.41, 5.74) is 2.34. The van der Waals surface area contributed by atoms with Gasteiger partial charge in [0.2, 0.25) is 5.95 Å². The molecule has 10 nitrogen and oxygen atoms in total. The van der Waals surface area contributed by atoms with Crippen LogP contribution in [-0.2, 0) is 0 Å². The number of ether oxygens (including phenoxy) is 1. The average molecular weight is 319 g/mol. The van der Waals surface area contributed by atoms with Crippen LogP contribution in [-0.4, -0.2) is 33.3 Å². The number of aromatic amines is 1. The minimum atomic E-state index is -0.629. The van der Waals surface area contributed by atoms with E-state index in [2.05, 4.69) is 20.5 Å². The van der Waals surface area contributed by atoms with E-state index in [0.717, 1.165) is 18.3 Å². The van der Waals surface area contributed by atoms with Crippen molar-refractivity contribution in [2.24, 2.45) is 5.10 Å². The van der Waals surface area contributed by atoms with E-state index in [9.17, 15) is 20.0 Å². The molecule has 0 aliphatic carbocycles. The highest BCUT2D eigenvalue weighted by Crippen LogP contribution is 2.32. The first-order valence-corrected chi connectivity index (χ1v) is 6.33. The highest BCUT2D eigenvalue weighted by molar-refractivity contribution is 5.87. The van der Waals surface area contributed by atoms with E-state index in [1.165, 1.54) is 13.2 Å². The number of aromatic hydroxyl groups is 1. The lowest BCUT2D eigenvalue weighted by molar-refractivity contribution is -0.385. The van der Waals surface area contributed by atoms with E-state index >= 15 is 0 Å². The molecule has 0 atom stereocenters. The zero-order valence-electron chi connectivity index (χ0n) is 12.2. The van der Waals surface area contributed by atoms with E-state index in [1.54, 1.807) is 6.92 Å². The zero-order chi connectivity index (χ0) is 17.0. The summed E-state index contributed by atoms with van der Waals surface area (Å²) in [6, 6.07) is 3.54. The van der Waals surface area contributed by atoms with E-state index in [-0.39, 0.29) is 34.3 Å². The SMILES string of the molecule is COc1cc([N+](=O)[O-])c(/C=N\Nc2nc(C)cc(=O)[nH]2)cc1O. The van der Waals surface area contributed by atoms with Gasteiger partial charge in [0.15, 0.2) is 11.5 Å². The Balaban J connectivity index is 2.29. The fraction of sp³-hybridized carbons (Fsp3) is 0.154. The standard InChI is InChI=1S/C13H13N5O5/c1-7-3-12(20)16-13(15-7)17-14-6-8-4-10(19)11(23-2)5-9(8)18(21)22/h3-6,19H,1-2H3,(H2,15,16,17,20)/b14-6-. The Hall–Kier alpha value is -3.43. The summed E-state index contributed by atoms with van der Waals surface area (Å²) >= 11 is 0. The molecule has 2 aromatic rings. The van der Waals surface area contributed by atoms with Crippen molar-refractivity contribution < 1.29 is 14.8 Å². The number of H-pyrrole nitrogens is 1. The number of aromatic nitrogens is 2. The third kappa shape index (κ3) is 3.81. The smallest absolute Gasteiger partial charge is 0.282 e. The second-order valence-corrected chi connectivity index (χ2v) is 4.45. The summed E-state index contributed by atoms with van der Waals surface area (Å²) in [5.74, 6) is -0.195. The van der Waals surface area contributed by atoms with Crippen molar-refractivity contribution in [1.82, 2.24) is 9.97 Å². The Bertz CT molecular complexity index is 830. The number of hydrazone groups is 1. The molecule has 0 unspecified atom stereocenters. The second kappa shape index (κ2) is 6.56. The maximum absolute atomic E-state index is 11.3. The molecule has 2 rings (SSSR count). The average Bonchev–Trinajstić information content (AvgIpc) is 2.46. The van der Waals surface area contributed by atoms with Crippen molar-refractivity contribution in [1.29, 1.82) is 0 Å². The Morgan fingerprint density at radius 1 is 1.48 bits per heavy atom. The Labute approximate surface area is 129 Å². The minimum Gasteiger partial charge on any atom is -0.504 e. The van der Waals surface area contributed by atoms with Gasteiger partial charge < -0.3 is 9.84 Å². The molecule has 23 heavy (non-hydrogen) atoms. The number of phenolic OH excluding ortho intramolecular Hbond substituents is 1. The minimum absolute atomic E-state index is 0.0218. The van der Waals surface area contributed by atoms with Gasteiger partial charge >= 0.3 is 0 Å². The number of nitro benzene ring substituents is 1. The molecule has 0 aliphatic rings. The maximum atomic E-state index is 11.3. The van der Waals surface area contributed by atoms with Crippen LogP contribution >= 0.6 is 0 Å². The van der Waals surface area contributed by atoms with Gasteiger partial charge in [0.25, 0.3) is 11.2 Å². The molecule has 0 aliphatic heterocycles. The molecule has 0 fully saturated rings. The second-order valence-electron chi connectivity index (χ2n) is 4.45. The Kier molecular flexibility index (Phi) is 4.55. The number of nitrogens with one attached hydrogen (secondary N) is 2. The van der Waals surface area contributed by atoms with E-state index in [4.69, 9.17) is 4.74 Å². The third-order valence-electron chi connectivity index (χ3n) is 2.77. The summed E-state index contributed by atoms with van der Waals surface area (Å²) in [4.78, 5) is 28.1. The molecule has 10 heteroatoms. The van der Waals surface area contributed by atoms with Crippen LogP contribution in [0.25, 0.3) is 0 Å². The molecule has 3 N–H and O–H groups in total. The molecule has 1 aromatic heterocycles.